The maximum Gasteiger partial charge on any atom is 0.407 e. The number of amides is 4. The number of nitrogens with zero attached hydrogens (tertiary/aromatic N) is 6. The SMILES string of the molecule is COC(=O)NC(C(=O)N1CCCC1c1ncc(-c2ccc(-c3ncc(-c4ccc5nc(C6CCCN6C(=O)C(NC(=O)OC)C(C)C)[nH]c5c4)cn3)cc2)[nH]1)C(C)C. The van der Waals surface area contributed by atoms with E-state index in [9.17, 15) is 19.2 Å². The summed E-state index contributed by atoms with van der Waals surface area (Å²) in [5, 5.41) is 5.38. The summed E-state index contributed by atoms with van der Waals surface area (Å²) in [6.07, 6.45) is 7.31. The third kappa shape index (κ3) is 8.22. The largest absolute Gasteiger partial charge is 0.453 e. The van der Waals surface area contributed by atoms with Crippen LogP contribution in [-0.4, -0.2) is 103 Å². The molecule has 4 atom stereocenters. The molecule has 16 nitrogen and oxygen atoms in total. The summed E-state index contributed by atoms with van der Waals surface area (Å²) in [5.41, 5.74) is 5.99. The number of imidazole rings is 2. The molecule has 0 aliphatic carbocycles. The minimum Gasteiger partial charge on any atom is -0.453 e. The van der Waals surface area contributed by atoms with Crippen LogP contribution < -0.4 is 10.6 Å². The predicted molar refractivity (Wildman–Crippen MR) is 216 cm³/mol. The molecule has 7 rings (SSSR count). The van der Waals surface area contributed by atoms with Crippen molar-refractivity contribution in [2.45, 2.75) is 77.5 Å². The van der Waals surface area contributed by atoms with Gasteiger partial charge in [-0.15, -0.1) is 0 Å². The van der Waals surface area contributed by atoms with E-state index in [-0.39, 0.29) is 35.7 Å². The van der Waals surface area contributed by atoms with Crippen LogP contribution in [0.4, 0.5) is 9.59 Å². The van der Waals surface area contributed by atoms with Crippen molar-refractivity contribution in [1.82, 2.24) is 50.3 Å². The second-order valence-corrected chi connectivity index (χ2v) is 15.5. The molecule has 0 saturated carbocycles. The van der Waals surface area contributed by atoms with Gasteiger partial charge in [-0.05, 0) is 60.8 Å². The lowest BCUT2D eigenvalue weighted by Crippen LogP contribution is -2.51. The van der Waals surface area contributed by atoms with Crippen molar-refractivity contribution in [3.8, 4) is 33.8 Å². The molecule has 2 saturated heterocycles. The van der Waals surface area contributed by atoms with Crippen molar-refractivity contribution in [2.24, 2.45) is 11.8 Å². The van der Waals surface area contributed by atoms with Crippen LogP contribution >= 0.6 is 0 Å². The number of aromatic nitrogens is 6. The molecule has 4 unspecified atom stereocenters. The Bertz CT molecular complexity index is 2270. The highest BCUT2D eigenvalue weighted by Gasteiger charge is 2.39. The fraction of sp³-hybridized carbons (Fsp3) is 0.429. The summed E-state index contributed by atoms with van der Waals surface area (Å²) < 4.78 is 9.51. The van der Waals surface area contributed by atoms with Crippen molar-refractivity contribution in [3.05, 3.63) is 72.7 Å². The van der Waals surface area contributed by atoms with E-state index >= 15 is 0 Å². The number of ether oxygens (including phenoxy) is 2. The average molecular weight is 791 g/mol. The first-order valence-corrected chi connectivity index (χ1v) is 19.7. The number of alkyl carbamates (subject to hydrolysis) is 2. The van der Waals surface area contributed by atoms with E-state index in [1.54, 1.807) is 28.4 Å². The second kappa shape index (κ2) is 17.0. The fourth-order valence-electron chi connectivity index (χ4n) is 7.83. The molecule has 2 fully saturated rings. The van der Waals surface area contributed by atoms with E-state index in [1.165, 1.54) is 14.2 Å². The van der Waals surface area contributed by atoms with Crippen LogP contribution in [0.25, 0.3) is 44.8 Å². The molecule has 3 aromatic heterocycles. The van der Waals surface area contributed by atoms with Crippen LogP contribution in [0.3, 0.4) is 0 Å². The first kappa shape index (κ1) is 39.9. The van der Waals surface area contributed by atoms with Gasteiger partial charge in [-0.2, -0.15) is 0 Å². The third-order valence-corrected chi connectivity index (χ3v) is 11.0. The predicted octanol–water partition coefficient (Wildman–Crippen LogP) is 6.17. The Hall–Kier alpha value is -6.32. The standard InChI is InChI=1S/C42H50N10O6/c1-23(2)34(49-41(55)57-5)39(53)51-17-7-9-32(51)37-45-22-31(48-37)25-11-13-26(14-12-25)36-43-20-28(21-44-36)27-15-16-29-30(19-27)47-38(46-29)33-10-8-18-52(33)40(54)35(24(3)4)50-42(56)58-6/h11-16,19-24,32-35H,7-10,17-18H2,1-6H3,(H,45,48)(H,46,47)(H,49,55)(H,50,56). The molecule has 0 radical (unpaired) electrons. The minimum atomic E-state index is -0.703. The summed E-state index contributed by atoms with van der Waals surface area (Å²) in [6, 6.07) is 12.0. The fourth-order valence-corrected chi connectivity index (χ4v) is 7.83. The van der Waals surface area contributed by atoms with E-state index in [4.69, 9.17) is 14.5 Å². The van der Waals surface area contributed by atoms with Gasteiger partial charge in [0.25, 0.3) is 0 Å². The number of methoxy groups -OCH3 is 2. The quantitative estimate of drug-likeness (QED) is 0.120. The van der Waals surface area contributed by atoms with E-state index < -0.39 is 24.3 Å². The van der Waals surface area contributed by atoms with Gasteiger partial charge < -0.3 is 39.9 Å². The topological polar surface area (TPSA) is 200 Å². The van der Waals surface area contributed by atoms with Gasteiger partial charge in [-0.1, -0.05) is 58.0 Å². The number of likely N-dealkylation sites (tertiary alicyclic amines) is 2. The van der Waals surface area contributed by atoms with E-state index in [0.29, 0.717) is 30.6 Å². The van der Waals surface area contributed by atoms with Crippen LogP contribution in [0, 0.1) is 11.8 Å². The molecule has 2 aliphatic heterocycles. The van der Waals surface area contributed by atoms with Crippen LogP contribution in [-0.2, 0) is 19.1 Å². The van der Waals surface area contributed by atoms with E-state index in [2.05, 4.69) is 35.6 Å². The number of fused-ring (bicyclic) bond motifs is 1. The Labute approximate surface area is 336 Å². The van der Waals surface area contributed by atoms with E-state index in [0.717, 1.165) is 64.7 Å². The van der Waals surface area contributed by atoms with Gasteiger partial charge in [0.15, 0.2) is 5.82 Å². The maximum atomic E-state index is 13.6. The van der Waals surface area contributed by atoms with Crippen molar-refractivity contribution >= 4 is 35.0 Å². The number of H-pyrrole nitrogens is 2. The van der Waals surface area contributed by atoms with Gasteiger partial charge in [0.2, 0.25) is 11.8 Å². The summed E-state index contributed by atoms with van der Waals surface area (Å²) >= 11 is 0. The summed E-state index contributed by atoms with van der Waals surface area (Å²) in [7, 11) is 2.57. The van der Waals surface area contributed by atoms with Crippen molar-refractivity contribution in [3.63, 3.8) is 0 Å². The monoisotopic (exact) mass is 790 g/mol. The number of nitrogens with one attached hydrogen (secondary N) is 4. The normalized spacial score (nSPS) is 17.8. The zero-order valence-electron chi connectivity index (χ0n) is 33.6. The number of benzene rings is 2. The van der Waals surface area contributed by atoms with Crippen LogP contribution in [0.15, 0.2) is 61.1 Å². The molecular weight excluding hydrogens is 741 g/mol. The van der Waals surface area contributed by atoms with Crippen molar-refractivity contribution in [1.29, 1.82) is 0 Å². The summed E-state index contributed by atoms with van der Waals surface area (Å²) in [6.45, 7) is 8.74. The molecule has 16 heteroatoms. The number of carbonyl (C=O) groups is 4. The Morgan fingerprint density at radius 2 is 1.21 bits per heavy atom. The highest BCUT2D eigenvalue weighted by atomic mass is 16.5. The van der Waals surface area contributed by atoms with Gasteiger partial charge in [-0.3, -0.25) is 9.59 Å². The lowest BCUT2D eigenvalue weighted by molar-refractivity contribution is -0.136. The molecule has 5 heterocycles. The number of carbonyl (C=O) groups excluding carboxylic acids is 4. The van der Waals surface area contributed by atoms with Crippen molar-refractivity contribution in [2.75, 3.05) is 27.3 Å². The van der Waals surface area contributed by atoms with Gasteiger partial charge >= 0.3 is 12.2 Å². The zero-order valence-corrected chi connectivity index (χ0v) is 33.6. The second-order valence-electron chi connectivity index (χ2n) is 15.5. The summed E-state index contributed by atoms with van der Waals surface area (Å²) in [4.78, 5) is 80.4. The molecule has 0 bridgehead atoms. The molecule has 4 amide bonds. The molecule has 304 valence electrons. The number of rotatable bonds is 11. The molecule has 2 aromatic carbocycles. The maximum absolute atomic E-state index is 13.6. The van der Waals surface area contributed by atoms with Crippen molar-refractivity contribution < 1.29 is 28.7 Å². The van der Waals surface area contributed by atoms with E-state index in [1.807, 2.05) is 70.2 Å². The van der Waals surface area contributed by atoms with Gasteiger partial charge in [0, 0.05) is 36.6 Å². The van der Waals surface area contributed by atoms with Crippen LogP contribution in [0.5, 0.6) is 0 Å². The lowest BCUT2D eigenvalue weighted by atomic mass is 10.0. The Balaban J connectivity index is 1.02. The first-order chi connectivity index (χ1) is 27.9. The number of hydrogen-bond donors (Lipinski definition) is 4. The number of hydrogen-bond acceptors (Lipinski definition) is 10. The van der Waals surface area contributed by atoms with Gasteiger partial charge in [0.1, 0.15) is 23.7 Å². The molecular formula is C42H50N10O6. The highest BCUT2D eigenvalue weighted by Crippen LogP contribution is 2.35. The summed E-state index contributed by atoms with van der Waals surface area (Å²) in [5.74, 6) is 1.46. The average Bonchev–Trinajstić information content (AvgIpc) is 4.07. The Morgan fingerprint density at radius 3 is 1.76 bits per heavy atom. The minimum absolute atomic E-state index is 0.114. The molecule has 0 spiro atoms. The highest BCUT2D eigenvalue weighted by molar-refractivity contribution is 5.88. The molecule has 5 aromatic rings. The van der Waals surface area contributed by atoms with Crippen LogP contribution in [0.2, 0.25) is 0 Å². The third-order valence-electron chi connectivity index (χ3n) is 11.0. The molecule has 4 N–H and O–H groups in total. The zero-order chi connectivity index (χ0) is 41.1. The molecule has 58 heavy (non-hydrogen) atoms. The Morgan fingerprint density at radius 1 is 0.672 bits per heavy atom. The Kier molecular flexibility index (Phi) is 11.7. The number of aromatic amines is 2. The molecule has 2 aliphatic rings. The van der Waals surface area contributed by atoms with Crippen LogP contribution in [0.1, 0.15) is 77.1 Å². The smallest absolute Gasteiger partial charge is 0.407 e. The first-order valence-electron chi connectivity index (χ1n) is 19.7. The van der Waals surface area contributed by atoms with Gasteiger partial charge in [-0.25, -0.2) is 29.5 Å². The lowest BCUT2D eigenvalue weighted by Gasteiger charge is -2.30. The van der Waals surface area contributed by atoms with Gasteiger partial charge in [0.05, 0.1) is 49.2 Å².